The second-order valence-corrected chi connectivity index (χ2v) is 6.09. The van der Waals surface area contributed by atoms with Crippen molar-refractivity contribution in [1.29, 1.82) is 0 Å². The van der Waals surface area contributed by atoms with E-state index in [1.165, 1.54) is 0 Å². The zero-order valence-electron chi connectivity index (χ0n) is 12.3. The highest BCUT2D eigenvalue weighted by molar-refractivity contribution is 5.95. The molecule has 4 rings (SSSR count). The number of fused-ring (bicyclic) bond motifs is 2. The van der Waals surface area contributed by atoms with Crippen LogP contribution in [0, 0.1) is 11.8 Å². The Morgan fingerprint density at radius 1 is 1.18 bits per heavy atom. The molecule has 22 heavy (non-hydrogen) atoms. The maximum absolute atomic E-state index is 12.2. The molecule has 0 bridgehead atoms. The van der Waals surface area contributed by atoms with Crippen LogP contribution >= 0.6 is 0 Å². The van der Waals surface area contributed by atoms with Crippen LogP contribution in [0.15, 0.2) is 59.7 Å². The highest BCUT2D eigenvalue weighted by Gasteiger charge is 2.37. The normalized spacial score (nSPS) is 24.3. The van der Waals surface area contributed by atoms with Gasteiger partial charge in [-0.05, 0) is 35.1 Å². The number of hydrogen-bond acceptors (Lipinski definition) is 2. The van der Waals surface area contributed by atoms with Crippen LogP contribution in [0.25, 0.3) is 10.8 Å². The molecule has 3 heteroatoms. The molecule has 110 valence electrons. The van der Waals surface area contributed by atoms with Crippen molar-refractivity contribution in [3.8, 4) is 0 Å². The summed E-state index contributed by atoms with van der Waals surface area (Å²) in [5.74, 6) is 1.16. The van der Waals surface area contributed by atoms with Crippen LogP contribution in [0.4, 0.5) is 0 Å². The minimum absolute atomic E-state index is 0.0433. The van der Waals surface area contributed by atoms with Crippen molar-refractivity contribution in [2.45, 2.75) is 19.3 Å². The van der Waals surface area contributed by atoms with Crippen LogP contribution in [0.2, 0.25) is 0 Å². The van der Waals surface area contributed by atoms with E-state index in [2.05, 4.69) is 40.9 Å². The summed E-state index contributed by atoms with van der Waals surface area (Å²) in [5, 5.41) is 6.63. The molecule has 2 aliphatic rings. The maximum atomic E-state index is 12.2. The summed E-state index contributed by atoms with van der Waals surface area (Å²) in [7, 11) is 0. The molecule has 2 aromatic rings. The van der Waals surface area contributed by atoms with Crippen molar-refractivity contribution in [2.75, 3.05) is 0 Å². The average Bonchev–Trinajstić information content (AvgIpc) is 2.89. The Hall–Kier alpha value is -2.42. The Morgan fingerprint density at radius 3 is 2.95 bits per heavy atom. The van der Waals surface area contributed by atoms with E-state index in [9.17, 15) is 4.79 Å². The summed E-state index contributed by atoms with van der Waals surface area (Å²) >= 11 is 0. The number of hydrazone groups is 1. The number of allylic oxidation sites excluding steroid dienone is 2. The van der Waals surface area contributed by atoms with Gasteiger partial charge >= 0.3 is 0 Å². The van der Waals surface area contributed by atoms with E-state index >= 15 is 0 Å². The summed E-state index contributed by atoms with van der Waals surface area (Å²) in [6.07, 6.45) is 6.92. The van der Waals surface area contributed by atoms with Gasteiger partial charge in [0.25, 0.3) is 0 Å². The van der Waals surface area contributed by atoms with Gasteiger partial charge in [0.05, 0.1) is 6.42 Å². The van der Waals surface area contributed by atoms with Crippen LogP contribution in [0.1, 0.15) is 18.4 Å². The van der Waals surface area contributed by atoms with Crippen LogP contribution in [-0.2, 0) is 11.2 Å². The Kier molecular flexibility index (Phi) is 3.26. The zero-order chi connectivity index (χ0) is 14.9. The molecule has 3 nitrogen and oxygen atoms in total. The predicted octanol–water partition coefficient (Wildman–Crippen LogP) is 3.45. The van der Waals surface area contributed by atoms with E-state index in [1.807, 2.05) is 24.3 Å². The molecular weight excluding hydrogens is 272 g/mol. The third-order valence-electron chi connectivity index (χ3n) is 4.72. The Balaban J connectivity index is 1.44. The lowest BCUT2D eigenvalue weighted by Gasteiger charge is -2.31. The predicted molar refractivity (Wildman–Crippen MR) is 88.6 cm³/mol. The SMILES string of the molecule is O=C(Cc1cccc2ccccc12)NN=C1CC2C=CCC12. The number of carbonyl (C=O) groups excluding carboxylic acids is 1. The quantitative estimate of drug-likeness (QED) is 0.682. The first kappa shape index (κ1) is 13.3. The summed E-state index contributed by atoms with van der Waals surface area (Å²) in [5.41, 5.74) is 4.92. The number of hydrogen-bond donors (Lipinski definition) is 1. The Morgan fingerprint density at radius 2 is 2.05 bits per heavy atom. The van der Waals surface area contributed by atoms with Gasteiger partial charge in [-0.25, -0.2) is 5.43 Å². The van der Waals surface area contributed by atoms with E-state index in [4.69, 9.17) is 0 Å². The average molecular weight is 290 g/mol. The van der Waals surface area contributed by atoms with Crippen molar-refractivity contribution in [2.24, 2.45) is 16.9 Å². The lowest BCUT2D eigenvalue weighted by Crippen LogP contribution is -2.35. The highest BCUT2D eigenvalue weighted by Crippen LogP contribution is 2.40. The molecule has 1 fully saturated rings. The van der Waals surface area contributed by atoms with Gasteiger partial charge in [0, 0.05) is 11.6 Å². The largest absolute Gasteiger partial charge is 0.273 e. The molecule has 0 aromatic heterocycles. The van der Waals surface area contributed by atoms with Gasteiger partial charge in [-0.3, -0.25) is 4.79 Å². The van der Waals surface area contributed by atoms with Gasteiger partial charge in [-0.2, -0.15) is 5.10 Å². The summed E-state index contributed by atoms with van der Waals surface area (Å²) in [6.45, 7) is 0. The Labute approximate surface area is 129 Å². The first-order valence-corrected chi connectivity index (χ1v) is 7.80. The van der Waals surface area contributed by atoms with E-state index in [-0.39, 0.29) is 5.91 Å². The minimum Gasteiger partial charge on any atom is -0.273 e. The Bertz CT molecular complexity index is 786. The molecule has 1 saturated carbocycles. The monoisotopic (exact) mass is 290 g/mol. The van der Waals surface area contributed by atoms with Gasteiger partial charge in [-0.1, -0.05) is 54.6 Å². The fraction of sp³-hybridized carbons (Fsp3) is 0.263. The number of amides is 1. The van der Waals surface area contributed by atoms with Crippen LogP contribution in [0.5, 0.6) is 0 Å². The van der Waals surface area contributed by atoms with Gasteiger partial charge in [0.15, 0.2) is 0 Å². The van der Waals surface area contributed by atoms with Gasteiger partial charge in [0.1, 0.15) is 0 Å². The number of nitrogens with one attached hydrogen (secondary N) is 1. The fourth-order valence-electron chi connectivity index (χ4n) is 3.46. The topological polar surface area (TPSA) is 41.5 Å². The fourth-order valence-corrected chi connectivity index (χ4v) is 3.46. The van der Waals surface area contributed by atoms with Crippen molar-refractivity contribution in [3.63, 3.8) is 0 Å². The van der Waals surface area contributed by atoms with Crippen molar-refractivity contribution in [3.05, 3.63) is 60.2 Å². The summed E-state index contributed by atoms with van der Waals surface area (Å²) in [6, 6.07) is 14.2. The second-order valence-electron chi connectivity index (χ2n) is 6.09. The van der Waals surface area contributed by atoms with Crippen LogP contribution in [0.3, 0.4) is 0 Å². The summed E-state index contributed by atoms with van der Waals surface area (Å²) < 4.78 is 0. The molecule has 0 saturated heterocycles. The summed E-state index contributed by atoms with van der Waals surface area (Å²) in [4.78, 5) is 12.2. The minimum atomic E-state index is -0.0433. The van der Waals surface area contributed by atoms with E-state index in [0.29, 0.717) is 18.3 Å². The molecule has 2 atom stereocenters. The third-order valence-corrected chi connectivity index (χ3v) is 4.72. The van der Waals surface area contributed by atoms with Crippen LogP contribution in [-0.4, -0.2) is 11.6 Å². The molecule has 1 N–H and O–H groups in total. The molecule has 0 aliphatic heterocycles. The number of rotatable bonds is 3. The third kappa shape index (κ3) is 2.33. The zero-order valence-corrected chi connectivity index (χ0v) is 12.3. The van der Waals surface area contributed by atoms with E-state index in [0.717, 1.165) is 34.9 Å². The van der Waals surface area contributed by atoms with Gasteiger partial charge in [0.2, 0.25) is 5.91 Å². The molecule has 2 aromatic carbocycles. The highest BCUT2D eigenvalue weighted by atomic mass is 16.2. The van der Waals surface area contributed by atoms with Crippen LogP contribution < -0.4 is 5.43 Å². The van der Waals surface area contributed by atoms with Gasteiger partial charge < -0.3 is 0 Å². The van der Waals surface area contributed by atoms with Crippen molar-refractivity contribution in [1.82, 2.24) is 5.43 Å². The molecule has 2 unspecified atom stereocenters. The van der Waals surface area contributed by atoms with E-state index < -0.39 is 0 Å². The number of carbonyl (C=O) groups is 1. The first-order chi connectivity index (χ1) is 10.8. The number of nitrogens with zero attached hydrogens (tertiary/aromatic N) is 1. The molecule has 1 amide bonds. The molecular formula is C19H18N2O. The smallest absolute Gasteiger partial charge is 0.244 e. The maximum Gasteiger partial charge on any atom is 0.244 e. The molecule has 2 aliphatic carbocycles. The first-order valence-electron chi connectivity index (χ1n) is 7.80. The number of benzene rings is 2. The molecule has 0 radical (unpaired) electrons. The van der Waals surface area contributed by atoms with Crippen molar-refractivity contribution < 1.29 is 4.79 Å². The molecule has 0 heterocycles. The van der Waals surface area contributed by atoms with E-state index in [1.54, 1.807) is 0 Å². The lowest BCUT2D eigenvalue weighted by atomic mass is 9.74. The molecule has 0 spiro atoms. The standard InChI is InChI=1S/C19H18N2O/c22-19(21-20-18-11-14-8-4-10-17(14)18)12-15-7-3-6-13-5-1-2-9-16(13)15/h1-9,14,17H,10-12H2,(H,21,22). The van der Waals surface area contributed by atoms with Gasteiger partial charge in [-0.15, -0.1) is 0 Å². The van der Waals surface area contributed by atoms with Crippen molar-refractivity contribution >= 4 is 22.4 Å². The second kappa shape index (κ2) is 5.41. The lowest BCUT2D eigenvalue weighted by molar-refractivity contribution is -0.120.